The number of H-pyrrole nitrogens is 1. The molecule has 1 aliphatic rings. The number of carbonyl (C=O) groups is 1. The van der Waals surface area contributed by atoms with Crippen molar-refractivity contribution in [2.24, 2.45) is 5.92 Å². The van der Waals surface area contributed by atoms with Crippen LogP contribution in [0.3, 0.4) is 0 Å². The van der Waals surface area contributed by atoms with Gasteiger partial charge in [0.1, 0.15) is 4.70 Å². The summed E-state index contributed by atoms with van der Waals surface area (Å²) in [5.41, 5.74) is 0.652. The first-order valence-corrected chi connectivity index (χ1v) is 9.34. The van der Waals surface area contributed by atoms with Gasteiger partial charge in [0, 0.05) is 19.0 Å². The molecule has 2 atom stereocenters. The molecule has 1 amide bonds. The molecule has 5 nitrogen and oxygen atoms in total. The summed E-state index contributed by atoms with van der Waals surface area (Å²) in [6, 6.07) is 2.11. The molecule has 124 valence electrons. The van der Waals surface area contributed by atoms with Crippen molar-refractivity contribution >= 4 is 39.7 Å². The number of aromatic amines is 1. The molecule has 0 unspecified atom stereocenters. The maximum absolute atomic E-state index is 12.4. The van der Waals surface area contributed by atoms with Crippen LogP contribution >= 0.6 is 23.6 Å². The highest BCUT2D eigenvalue weighted by atomic mass is 32.1. The fraction of sp³-hybridized carbons (Fsp3) is 0.562. The number of hydrogen-bond acceptors (Lipinski definition) is 4. The molecule has 1 saturated carbocycles. The molecule has 0 bridgehead atoms. The molecule has 0 aliphatic heterocycles. The number of aromatic nitrogens is 2. The minimum absolute atomic E-state index is 0.00340. The van der Waals surface area contributed by atoms with Crippen molar-refractivity contribution in [2.45, 2.75) is 51.6 Å². The van der Waals surface area contributed by atoms with E-state index < -0.39 is 0 Å². The smallest absolute Gasteiger partial charge is 0.272 e. The molecule has 0 saturated heterocycles. The van der Waals surface area contributed by atoms with Crippen LogP contribution in [0.5, 0.6) is 0 Å². The van der Waals surface area contributed by atoms with Gasteiger partial charge >= 0.3 is 0 Å². The number of thiophene rings is 1. The lowest BCUT2D eigenvalue weighted by molar-refractivity contribution is -0.122. The Morgan fingerprint density at radius 1 is 1.48 bits per heavy atom. The number of nitrogens with zero attached hydrogens (tertiary/aromatic N) is 1. The zero-order valence-electron chi connectivity index (χ0n) is 13.1. The molecule has 0 spiro atoms. The van der Waals surface area contributed by atoms with E-state index in [4.69, 9.17) is 12.2 Å². The molecule has 1 aliphatic carbocycles. The quantitative estimate of drug-likeness (QED) is 0.831. The molecule has 3 rings (SSSR count). The lowest BCUT2D eigenvalue weighted by Gasteiger charge is -2.29. The van der Waals surface area contributed by atoms with Crippen molar-refractivity contribution in [3.63, 3.8) is 0 Å². The van der Waals surface area contributed by atoms with Gasteiger partial charge in [0.2, 0.25) is 5.91 Å². The number of nitrogens with one attached hydrogen (secondary N) is 2. The number of rotatable bonds is 4. The summed E-state index contributed by atoms with van der Waals surface area (Å²) in [5.74, 6) is 0.525. The van der Waals surface area contributed by atoms with Crippen LogP contribution in [0.25, 0.3) is 10.2 Å². The average Bonchev–Trinajstić information content (AvgIpc) is 2.98. The number of hydrogen-bond donors (Lipinski definition) is 2. The summed E-state index contributed by atoms with van der Waals surface area (Å²) in [5, 5.41) is 4.97. The molecule has 0 radical (unpaired) electrons. The van der Waals surface area contributed by atoms with Crippen LogP contribution < -0.4 is 10.9 Å². The van der Waals surface area contributed by atoms with E-state index in [9.17, 15) is 9.59 Å². The highest BCUT2D eigenvalue weighted by Gasteiger charge is 2.22. The number of carbonyl (C=O) groups excluding carboxylic acids is 1. The predicted octanol–water partition coefficient (Wildman–Crippen LogP) is 3.21. The Balaban J connectivity index is 1.67. The third kappa shape index (κ3) is 3.55. The maximum atomic E-state index is 12.4. The first-order valence-electron chi connectivity index (χ1n) is 8.06. The van der Waals surface area contributed by atoms with E-state index in [2.05, 4.69) is 17.2 Å². The van der Waals surface area contributed by atoms with Gasteiger partial charge in [0.15, 0.2) is 4.77 Å². The van der Waals surface area contributed by atoms with Gasteiger partial charge in [0.05, 0.1) is 5.52 Å². The average molecular weight is 351 g/mol. The molecular formula is C16H21N3O2S2. The minimum Gasteiger partial charge on any atom is -0.353 e. The van der Waals surface area contributed by atoms with Crippen molar-refractivity contribution in [2.75, 3.05) is 0 Å². The van der Waals surface area contributed by atoms with E-state index >= 15 is 0 Å². The Labute approximate surface area is 143 Å². The Morgan fingerprint density at radius 3 is 3.04 bits per heavy atom. The van der Waals surface area contributed by atoms with Crippen LogP contribution in [0.1, 0.15) is 39.0 Å². The first kappa shape index (κ1) is 16.4. The van der Waals surface area contributed by atoms with Crippen molar-refractivity contribution in [3.8, 4) is 0 Å². The predicted molar refractivity (Wildman–Crippen MR) is 95.4 cm³/mol. The zero-order valence-corrected chi connectivity index (χ0v) is 14.8. The molecule has 2 aromatic rings. The second-order valence-electron chi connectivity index (χ2n) is 6.24. The van der Waals surface area contributed by atoms with E-state index in [1.54, 1.807) is 0 Å². The second kappa shape index (κ2) is 6.97. The van der Waals surface area contributed by atoms with Crippen molar-refractivity contribution < 1.29 is 4.79 Å². The van der Waals surface area contributed by atoms with E-state index in [1.165, 1.54) is 35.2 Å². The third-order valence-corrected chi connectivity index (χ3v) is 5.84. The molecule has 2 aromatic heterocycles. The summed E-state index contributed by atoms with van der Waals surface area (Å²) in [6.07, 6.45) is 4.92. The summed E-state index contributed by atoms with van der Waals surface area (Å²) in [4.78, 5) is 27.7. The van der Waals surface area contributed by atoms with Crippen LogP contribution in [-0.4, -0.2) is 21.5 Å². The van der Waals surface area contributed by atoms with E-state index in [1.807, 2.05) is 11.4 Å². The monoisotopic (exact) mass is 351 g/mol. The Hall–Kier alpha value is -1.47. The van der Waals surface area contributed by atoms with Crippen molar-refractivity contribution in [1.29, 1.82) is 0 Å². The number of fused-ring (bicyclic) bond motifs is 1. The standard InChI is InChI=1S/C16H21N3O2S2/c1-10-4-2-3-5-11(10)17-13(20)6-8-19-15(21)14-12(7-9-23-14)18-16(19)22/h7,9-11H,2-6,8H2,1H3,(H,17,20)(H,18,22)/t10-,11+/m0/s1. The van der Waals surface area contributed by atoms with Crippen molar-refractivity contribution in [1.82, 2.24) is 14.9 Å². The fourth-order valence-electron chi connectivity index (χ4n) is 3.20. The van der Waals surface area contributed by atoms with E-state index in [0.29, 0.717) is 21.9 Å². The molecule has 0 aromatic carbocycles. The molecule has 7 heteroatoms. The van der Waals surface area contributed by atoms with E-state index in [-0.39, 0.29) is 23.9 Å². The highest BCUT2D eigenvalue weighted by Crippen LogP contribution is 2.23. The number of amides is 1. The SMILES string of the molecule is C[C@H]1CCCC[C@H]1NC(=O)CCn1c(=S)[nH]c2ccsc2c1=O. The summed E-state index contributed by atoms with van der Waals surface area (Å²) >= 11 is 6.63. The summed E-state index contributed by atoms with van der Waals surface area (Å²) < 4.78 is 2.51. The van der Waals surface area contributed by atoms with Crippen molar-refractivity contribution in [3.05, 3.63) is 26.6 Å². The highest BCUT2D eigenvalue weighted by molar-refractivity contribution is 7.71. The Bertz CT molecular complexity index is 821. The fourth-order valence-corrected chi connectivity index (χ4v) is 4.28. The maximum Gasteiger partial charge on any atom is 0.272 e. The zero-order chi connectivity index (χ0) is 16.4. The minimum atomic E-state index is -0.113. The summed E-state index contributed by atoms with van der Waals surface area (Å²) in [7, 11) is 0. The van der Waals surface area contributed by atoms with Gasteiger partial charge in [-0.25, -0.2) is 0 Å². The lowest BCUT2D eigenvalue weighted by atomic mass is 9.86. The first-order chi connectivity index (χ1) is 11.1. The van der Waals surface area contributed by atoms with E-state index in [0.717, 1.165) is 11.9 Å². The van der Waals surface area contributed by atoms with Crippen LogP contribution in [0.15, 0.2) is 16.2 Å². The second-order valence-corrected chi connectivity index (χ2v) is 7.54. The van der Waals surface area contributed by atoms with Crippen LogP contribution in [0, 0.1) is 10.7 Å². The molecule has 2 heterocycles. The van der Waals surface area contributed by atoms with Gasteiger partial charge in [-0.15, -0.1) is 11.3 Å². The molecule has 23 heavy (non-hydrogen) atoms. The molecular weight excluding hydrogens is 330 g/mol. The van der Waals surface area contributed by atoms with Gasteiger partial charge < -0.3 is 10.3 Å². The molecule has 2 N–H and O–H groups in total. The largest absolute Gasteiger partial charge is 0.353 e. The van der Waals surface area contributed by atoms with Gasteiger partial charge in [-0.3, -0.25) is 14.2 Å². The van der Waals surface area contributed by atoms with Crippen LogP contribution in [0.2, 0.25) is 0 Å². The van der Waals surface area contributed by atoms with Gasteiger partial charge in [0.25, 0.3) is 5.56 Å². The molecule has 1 fully saturated rings. The summed E-state index contributed by atoms with van der Waals surface area (Å²) in [6.45, 7) is 2.50. The topological polar surface area (TPSA) is 66.9 Å². The van der Waals surface area contributed by atoms with Crippen LogP contribution in [0.4, 0.5) is 0 Å². The van der Waals surface area contributed by atoms with Gasteiger partial charge in [-0.2, -0.15) is 0 Å². The third-order valence-electron chi connectivity index (χ3n) is 4.61. The van der Waals surface area contributed by atoms with Gasteiger partial charge in [-0.05, 0) is 42.4 Å². The van der Waals surface area contributed by atoms with Gasteiger partial charge in [-0.1, -0.05) is 19.8 Å². The Morgan fingerprint density at radius 2 is 2.26 bits per heavy atom. The van der Waals surface area contributed by atoms with Crippen LogP contribution in [-0.2, 0) is 11.3 Å². The normalized spacial score (nSPS) is 21.4. The lowest BCUT2D eigenvalue weighted by Crippen LogP contribution is -2.41. The Kier molecular flexibility index (Phi) is 4.96.